The van der Waals surface area contributed by atoms with Crippen LogP contribution in [0.2, 0.25) is 0 Å². The second-order valence-corrected chi connectivity index (χ2v) is 5.43. The molecule has 1 aromatic carbocycles. The SMILES string of the molecule is C=C(COc1ccc(C(C)(C)C)cc1C)C(=O)O. The van der Waals surface area contributed by atoms with Gasteiger partial charge >= 0.3 is 5.97 Å². The average Bonchev–Trinajstić information content (AvgIpc) is 2.25. The Morgan fingerprint density at radius 3 is 2.44 bits per heavy atom. The molecule has 0 saturated carbocycles. The van der Waals surface area contributed by atoms with E-state index < -0.39 is 5.97 Å². The molecule has 0 amide bonds. The van der Waals surface area contributed by atoms with Crippen LogP contribution in [-0.4, -0.2) is 17.7 Å². The lowest BCUT2D eigenvalue weighted by Gasteiger charge is -2.20. The lowest BCUT2D eigenvalue weighted by atomic mass is 9.86. The summed E-state index contributed by atoms with van der Waals surface area (Å²) in [6.07, 6.45) is 0. The number of benzene rings is 1. The van der Waals surface area contributed by atoms with E-state index in [0.717, 1.165) is 5.56 Å². The van der Waals surface area contributed by atoms with Crippen LogP contribution < -0.4 is 4.74 Å². The van der Waals surface area contributed by atoms with Gasteiger partial charge in [0.1, 0.15) is 12.4 Å². The zero-order valence-electron chi connectivity index (χ0n) is 11.4. The van der Waals surface area contributed by atoms with Gasteiger partial charge in [-0.05, 0) is 29.5 Å². The fraction of sp³-hybridized carbons (Fsp3) is 0.400. The first-order valence-corrected chi connectivity index (χ1v) is 5.87. The number of ether oxygens (including phenoxy) is 1. The number of carboxylic acids is 1. The van der Waals surface area contributed by atoms with Crippen molar-refractivity contribution in [3.05, 3.63) is 41.5 Å². The zero-order chi connectivity index (χ0) is 13.9. The minimum atomic E-state index is -1.03. The summed E-state index contributed by atoms with van der Waals surface area (Å²) in [6.45, 7) is 11.8. The molecule has 0 heterocycles. The maximum absolute atomic E-state index is 10.6. The van der Waals surface area contributed by atoms with Crippen molar-refractivity contribution in [1.82, 2.24) is 0 Å². The van der Waals surface area contributed by atoms with Crippen LogP contribution in [0.5, 0.6) is 5.75 Å². The molecule has 0 saturated heterocycles. The van der Waals surface area contributed by atoms with Gasteiger partial charge in [-0.3, -0.25) is 0 Å². The predicted octanol–water partition coefficient (Wildman–Crippen LogP) is 3.31. The van der Waals surface area contributed by atoms with E-state index in [1.165, 1.54) is 5.56 Å². The Hall–Kier alpha value is -1.77. The van der Waals surface area contributed by atoms with E-state index in [0.29, 0.717) is 5.75 Å². The molecule has 0 atom stereocenters. The molecule has 0 unspecified atom stereocenters. The molecule has 18 heavy (non-hydrogen) atoms. The fourth-order valence-electron chi connectivity index (χ4n) is 1.50. The number of carboxylic acid groups (broad SMARTS) is 1. The Labute approximate surface area is 108 Å². The lowest BCUT2D eigenvalue weighted by Crippen LogP contribution is -2.12. The predicted molar refractivity (Wildman–Crippen MR) is 72.1 cm³/mol. The number of hydrogen-bond acceptors (Lipinski definition) is 2. The van der Waals surface area contributed by atoms with Crippen molar-refractivity contribution in [3.63, 3.8) is 0 Å². The van der Waals surface area contributed by atoms with Crippen LogP contribution in [0, 0.1) is 6.92 Å². The van der Waals surface area contributed by atoms with Crippen LogP contribution in [0.4, 0.5) is 0 Å². The fourth-order valence-corrected chi connectivity index (χ4v) is 1.50. The third kappa shape index (κ3) is 3.62. The quantitative estimate of drug-likeness (QED) is 0.831. The van der Waals surface area contributed by atoms with Crippen LogP contribution in [0.1, 0.15) is 31.9 Å². The van der Waals surface area contributed by atoms with Crippen LogP contribution in [-0.2, 0) is 10.2 Å². The van der Waals surface area contributed by atoms with Gasteiger partial charge in [0.05, 0.1) is 5.57 Å². The van der Waals surface area contributed by atoms with Crippen molar-refractivity contribution >= 4 is 5.97 Å². The van der Waals surface area contributed by atoms with Gasteiger partial charge in [-0.1, -0.05) is 39.5 Å². The zero-order valence-corrected chi connectivity index (χ0v) is 11.4. The first-order valence-electron chi connectivity index (χ1n) is 5.87. The Morgan fingerprint density at radius 2 is 2.00 bits per heavy atom. The van der Waals surface area contributed by atoms with Gasteiger partial charge in [-0.15, -0.1) is 0 Å². The van der Waals surface area contributed by atoms with Crippen molar-refractivity contribution in [3.8, 4) is 5.75 Å². The van der Waals surface area contributed by atoms with Gasteiger partial charge in [0.25, 0.3) is 0 Å². The first-order chi connectivity index (χ1) is 8.21. The lowest BCUT2D eigenvalue weighted by molar-refractivity contribution is -0.133. The minimum Gasteiger partial charge on any atom is -0.488 e. The molecule has 0 bridgehead atoms. The highest BCUT2D eigenvalue weighted by Gasteiger charge is 2.15. The highest BCUT2D eigenvalue weighted by Crippen LogP contribution is 2.27. The molecule has 0 aromatic heterocycles. The monoisotopic (exact) mass is 248 g/mol. The summed E-state index contributed by atoms with van der Waals surface area (Å²) in [5, 5.41) is 8.70. The van der Waals surface area contributed by atoms with Crippen molar-refractivity contribution < 1.29 is 14.6 Å². The summed E-state index contributed by atoms with van der Waals surface area (Å²) in [5.41, 5.74) is 2.37. The molecule has 0 aliphatic rings. The van der Waals surface area contributed by atoms with Crippen molar-refractivity contribution in [1.29, 1.82) is 0 Å². The summed E-state index contributed by atoms with van der Waals surface area (Å²) in [7, 11) is 0. The van der Waals surface area contributed by atoms with Gasteiger partial charge in [-0.25, -0.2) is 4.79 Å². The Bertz CT molecular complexity index is 467. The van der Waals surface area contributed by atoms with E-state index in [4.69, 9.17) is 9.84 Å². The van der Waals surface area contributed by atoms with E-state index in [9.17, 15) is 4.79 Å². The maximum atomic E-state index is 10.6. The standard InChI is InChI=1S/C15H20O3/c1-10-8-12(15(3,4)5)6-7-13(10)18-9-11(2)14(16)17/h6-8H,2,9H2,1,3-5H3,(H,16,17). The summed E-state index contributed by atoms with van der Waals surface area (Å²) >= 11 is 0. The molecule has 0 fully saturated rings. The van der Waals surface area contributed by atoms with E-state index >= 15 is 0 Å². The topological polar surface area (TPSA) is 46.5 Å². The van der Waals surface area contributed by atoms with Gasteiger partial charge in [0, 0.05) is 0 Å². The number of carbonyl (C=O) groups is 1. The molecule has 1 rings (SSSR count). The van der Waals surface area contributed by atoms with Gasteiger partial charge in [0.2, 0.25) is 0 Å². The van der Waals surface area contributed by atoms with Crippen LogP contribution in [0.25, 0.3) is 0 Å². The van der Waals surface area contributed by atoms with Gasteiger partial charge in [0.15, 0.2) is 0 Å². The molecule has 0 aliphatic heterocycles. The normalized spacial score (nSPS) is 11.1. The molecule has 98 valence electrons. The molecule has 1 N–H and O–H groups in total. The highest BCUT2D eigenvalue weighted by atomic mass is 16.5. The summed E-state index contributed by atoms with van der Waals surface area (Å²) in [4.78, 5) is 10.6. The summed E-state index contributed by atoms with van der Waals surface area (Å²) in [6, 6.07) is 5.95. The molecule has 0 radical (unpaired) electrons. The number of rotatable bonds is 4. The molecule has 3 nitrogen and oxygen atoms in total. The van der Waals surface area contributed by atoms with Crippen LogP contribution in [0.3, 0.4) is 0 Å². The van der Waals surface area contributed by atoms with Crippen molar-refractivity contribution in [2.75, 3.05) is 6.61 Å². The van der Waals surface area contributed by atoms with E-state index in [1.807, 2.05) is 19.1 Å². The van der Waals surface area contributed by atoms with Crippen LogP contribution in [0.15, 0.2) is 30.4 Å². The second-order valence-electron chi connectivity index (χ2n) is 5.43. The third-order valence-electron chi connectivity index (χ3n) is 2.75. The summed E-state index contributed by atoms with van der Waals surface area (Å²) < 4.78 is 5.45. The Morgan fingerprint density at radius 1 is 1.39 bits per heavy atom. The Balaban J connectivity index is 2.81. The Kier molecular flexibility index (Phi) is 4.17. The maximum Gasteiger partial charge on any atom is 0.334 e. The molecular formula is C15H20O3. The molecule has 0 spiro atoms. The van der Waals surface area contributed by atoms with Crippen molar-refractivity contribution in [2.45, 2.75) is 33.1 Å². The molecule has 3 heteroatoms. The minimum absolute atomic E-state index is 0.00500. The largest absolute Gasteiger partial charge is 0.488 e. The smallest absolute Gasteiger partial charge is 0.334 e. The van der Waals surface area contributed by atoms with Crippen molar-refractivity contribution in [2.24, 2.45) is 0 Å². The van der Waals surface area contributed by atoms with E-state index in [-0.39, 0.29) is 17.6 Å². The van der Waals surface area contributed by atoms with Gasteiger partial charge < -0.3 is 9.84 Å². The average molecular weight is 248 g/mol. The second kappa shape index (κ2) is 5.25. The van der Waals surface area contributed by atoms with E-state index in [1.54, 1.807) is 0 Å². The molecular weight excluding hydrogens is 228 g/mol. The number of aryl methyl sites for hydroxylation is 1. The number of aliphatic carboxylic acids is 1. The van der Waals surface area contributed by atoms with Gasteiger partial charge in [-0.2, -0.15) is 0 Å². The molecule has 0 aliphatic carbocycles. The number of hydrogen-bond donors (Lipinski definition) is 1. The molecule has 1 aromatic rings. The third-order valence-corrected chi connectivity index (χ3v) is 2.75. The van der Waals surface area contributed by atoms with Crippen LogP contribution >= 0.6 is 0 Å². The van der Waals surface area contributed by atoms with E-state index in [2.05, 4.69) is 33.4 Å². The summed E-state index contributed by atoms with van der Waals surface area (Å²) in [5.74, 6) is -0.329. The highest BCUT2D eigenvalue weighted by molar-refractivity contribution is 5.86. The first kappa shape index (κ1) is 14.3.